The molecule has 0 spiro atoms. The van der Waals surface area contributed by atoms with Crippen LogP contribution in [0.25, 0.3) is 11.3 Å². The van der Waals surface area contributed by atoms with Crippen molar-refractivity contribution in [2.24, 2.45) is 0 Å². The Kier molecular flexibility index (Phi) is 5.21. The Bertz CT molecular complexity index is 449. The fourth-order valence-electron chi connectivity index (χ4n) is 1.48. The predicted molar refractivity (Wildman–Crippen MR) is 72.3 cm³/mol. The number of methoxy groups -OCH3 is 1. The van der Waals surface area contributed by atoms with E-state index in [0.717, 1.165) is 22.6 Å². The smallest absolute Gasteiger partial charge is 0.128 e. The zero-order valence-corrected chi connectivity index (χ0v) is 10.9. The molecule has 0 aliphatic rings. The summed E-state index contributed by atoms with van der Waals surface area (Å²) in [4.78, 5) is 4.38. The molecule has 2 aromatic rings. The van der Waals surface area contributed by atoms with Gasteiger partial charge in [-0.2, -0.15) is 0 Å². The van der Waals surface area contributed by atoms with Crippen LogP contribution in [0.2, 0.25) is 0 Å². The van der Waals surface area contributed by atoms with Gasteiger partial charge in [-0.3, -0.25) is 4.98 Å². The molecule has 90 valence electrons. The van der Waals surface area contributed by atoms with Crippen molar-refractivity contribution in [1.82, 2.24) is 4.98 Å². The average Bonchev–Trinajstić information content (AvgIpc) is 2.42. The molecular formula is C15H19NO. The van der Waals surface area contributed by atoms with Crippen molar-refractivity contribution in [3.8, 4) is 17.0 Å². The van der Waals surface area contributed by atoms with Crippen molar-refractivity contribution >= 4 is 0 Å². The Hall–Kier alpha value is -1.83. The van der Waals surface area contributed by atoms with E-state index in [0.29, 0.717) is 0 Å². The van der Waals surface area contributed by atoms with E-state index in [1.54, 1.807) is 7.11 Å². The maximum atomic E-state index is 5.29. The SMILES string of the molecule is CC.COc1ccccc1-c1ccc(C)cn1. The minimum absolute atomic E-state index is 0.855. The van der Waals surface area contributed by atoms with Gasteiger partial charge in [0.15, 0.2) is 0 Å². The van der Waals surface area contributed by atoms with E-state index in [1.165, 1.54) is 0 Å². The quantitative estimate of drug-likeness (QED) is 0.773. The van der Waals surface area contributed by atoms with Gasteiger partial charge < -0.3 is 4.74 Å². The van der Waals surface area contributed by atoms with Crippen molar-refractivity contribution in [3.05, 3.63) is 48.2 Å². The molecule has 0 amide bonds. The molecule has 1 heterocycles. The highest BCUT2D eigenvalue weighted by atomic mass is 16.5. The standard InChI is InChI=1S/C13H13NO.C2H6/c1-10-7-8-12(14-9-10)11-5-3-4-6-13(11)15-2;1-2/h3-9H,1-2H3;1-2H3. The fraction of sp³-hybridized carbons (Fsp3) is 0.267. The molecule has 0 fully saturated rings. The summed E-state index contributed by atoms with van der Waals surface area (Å²) in [5.74, 6) is 0.855. The van der Waals surface area contributed by atoms with E-state index in [9.17, 15) is 0 Å². The Morgan fingerprint density at radius 2 is 1.71 bits per heavy atom. The Morgan fingerprint density at radius 1 is 1.00 bits per heavy atom. The number of aromatic nitrogens is 1. The van der Waals surface area contributed by atoms with Gasteiger partial charge in [-0.15, -0.1) is 0 Å². The van der Waals surface area contributed by atoms with E-state index < -0.39 is 0 Å². The van der Waals surface area contributed by atoms with Crippen LogP contribution in [0.1, 0.15) is 19.4 Å². The molecular weight excluding hydrogens is 210 g/mol. The lowest BCUT2D eigenvalue weighted by molar-refractivity contribution is 0.416. The first kappa shape index (κ1) is 13.2. The molecule has 0 radical (unpaired) electrons. The molecule has 0 unspecified atom stereocenters. The van der Waals surface area contributed by atoms with Crippen LogP contribution in [-0.4, -0.2) is 12.1 Å². The lowest BCUT2D eigenvalue weighted by Gasteiger charge is -2.07. The number of hydrogen-bond donors (Lipinski definition) is 0. The summed E-state index contributed by atoms with van der Waals surface area (Å²) < 4.78 is 5.29. The summed E-state index contributed by atoms with van der Waals surface area (Å²) in [7, 11) is 1.67. The Morgan fingerprint density at radius 3 is 2.29 bits per heavy atom. The second-order valence-corrected chi connectivity index (χ2v) is 3.42. The van der Waals surface area contributed by atoms with Crippen LogP contribution in [0.15, 0.2) is 42.6 Å². The summed E-state index contributed by atoms with van der Waals surface area (Å²) in [6, 6.07) is 11.9. The topological polar surface area (TPSA) is 22.1 Å². The maximum Gasteiger partial charge on any atom is 0.128 e. The van der Waals surface area contributed by atoms with Crippen LogP contribution in [0.5, 0.6) is 5.75 Å². The van der Waals surface area contributed by atoms with E-state index in [-0.39, 0.29) is 0 Å². The molecule has 17 heavy (non-hydrogen) atoms. The molecule has 0 atom stereocenters. The van der Waals surface area contributed by atoms with Crippen LogP contribution in [0.3, 0.4) is 0 Å². The molecule has 1 aromatic carbocycles. The first-order valence-electron chi connectivity index (χ1n) is 5.87. The summed E-state index contributed by atoms with van der Waals surface area (Å²) >= 11 is 0. The average molecular weight is 229 g/mol. The van der Waals surface area contributed by atoms with Crippen LogP contribution in [0.4, 0.5) is 0 Å². The van der Waals surface area contributed by atoms with Gasteiger partial charge in [0.05, 0.1) is 12.8 Å². The molecule has 0 saturated heterocycles. The highest BCUT2D eigenvalue weighted by Crippen LogP contribution is 2.27. The van der Waals surface area contributed by atoms with Gasteiger partial charge in [0, 0.05) is 11.8 Å². The lowest BCUT2D eigenvalue weighted by atomic mass is 10.1. The fourth-order valence-corrected chi connectivity index (χ4v) is 1.48. The van der Waals surface area contributed by atoms with Crippen molar-refractivity contribution in [2.75, 3.05) is 7.11 Å². The zero-order chi connectivity index (χ0) is 12.7. The predicted octanol–water partition coefficient (Wildman–Crippen LogP) is 4.09. The molecule has 2 nitrogen and oxygen atoms in total. The summed E-state index contributed by atoms with van der Waals surface area (Å²) in [6.07, 6.45) is 1.86. The van der Waals surface area contributed by atoms with Gasteiger partial charge in [0.1, 0.15) is 5.75 Å². The molecule has 2 heteroatoms. The van der Waals surface area contributed by atoms with E-state index >= 15 is 0 Å². The molecule has 0 N–H and O–H groups in total. The highest BCUT2D eigenvalue weighted by molar-refractivity contribution is 5.66. The molecule has 0 aliphatic heterocycles. The van der Waals surface area contributed by atoms with Gasteiger partial charge >= 0.3 is 0 Å². The van der Waals surface area contributed by atoms with Crippen molar-refractivity contribution in [1.29, 1.82) is 0 Å². The first-order valence-corrected chi connectivity index (χ1v) is 5.87. The summed E-state index contributed by atoms with van der Waals surface area (Å²) in [6.45, 7) is 6.03. The van der Waals surface area contributed by atoms with Gasteiger partial charge in [0.2, 0.25) is 0 Å². The van der Waals surface area contributed by atoms with Gasteiger partial charge in [-0.1, -0.05) is 32.0 Å². The van der Waals surface area contributed by atoms with Crippen molar-refractivity contribution < 1.29 is 4.74 Å². The lowest BCUT2D eigenvalue weighted by Crippen LogP contribution is -1.89. The maximum absolute atomic E-state index is 5.29. The number of aryl methyl sites for hydroxylation is 1. The van der Waals surface area contributed by atoms with E-state index in [1.807, 2.05) is 57.3 Å². The summed E-state index contributed by atoms with van der Waals surface area (Å²) in [5, 5.41) is 0. The molecule has 1 aromatic heterocycles. The number of nitrogens with zero attached hydrogens (tertiary/aromatic N) is 1. The molecule has 0 saturated carbocycles. The van der Waals surface area contributed by atoms with Crippen LogP contribution >= 0.6 is 0 Å². The number of benzene rings is 1. The first-order chi connectivity index (χ1) is 8.31. The van der Waals surface area contributed by atoms with Crippen molar-refractivity contribution in [2.45, 2.75) is 20.8 Å². The number of pyridine rings is 1. The molecule has 2 rings (SSSR count). The third kappa shape index (κ3) is 3.31. The minimum atomic E-state index is 0.855. The largest absolute Gasteiger partial charge is 0.496 e. The van der Waals surface area contributed by atoms with E-state index in [2.05, 4.69) is 11.1 Å². The Balaban J connectivity index is 0.000000686. The second-order valence-electron chi connectivity index (χ2n) is 3.42. The highest BCUT2D eigenvalue weighted by Gasteiger charge is 2.04. The third-order valence-electron chi connectivity index (χ3n) is 2.29. The third-order valence-corrected chi connectivity index (χ3v) is 2.29. The molecule has 0 aliphatic carbocycles. The van der Waals surface area contributed by atoms with Crippen LogP contribution < -0.4 is 4.74 Å². The summed E-state index contributed by atoms with van der Waals surface area (Å²) in [5.41, 5.74) is 3.13. The Labute approximate surface area is 103 Å². The van der Waals surface area contributed by atoms with Gasteiger partial charge in [0.25, 0.3) is 0 Å². The number of ether oxygens (including phenoxy) is 1. The monoisotopic (exact) mass is 229 g/mol. The number of hydrogen-bond acceptors (Lipinski definition) is 2. The van der Waals surface area contributed by atoms with Crippen molar-refractivity contribution in [3.63, 3.8) is 0 Å². The number of rotatable bonds is 2. The van der Waals surface area contributed by atoms with Gasteiger partial charge in [-0.25, -0.2) is 0 Å². The van der Waals surface area contributed by atoms with Gasteiger partial charge in [-0.05, 0) is 30.7 Å². The van der Waals surface area contributed by atoms with Crippen LogP contribution in [0, 0.1) is 6.92 Å². The van der Waals surface area contributed by atoms with E-state index in [4.69, 9.17) is 4.74 Å². The zero-order valence-electron chi connectivity index (χ0n) is 10.9. The second kappa shape index (κ2) is 6.69. The van der Waals surface area contributed by atoms with Crippen LogP contribution in [-0.2, 0) is 0 Å². The minimum Gasteiger partial charge on any atom is -0.496 e. The molecule has 0 bridgehead atoms. The normalized spacial score (nSPS) is 9.18. The number of para-hydroxylation sites is 1.